The van der Waals surface area contributed by atoms with Crippen LogP contribution in [0.4, 0.5) is 0 Å². The van der Waals surface area contributed by atoms with E-state index >= 15 is 0 Å². The van der Waals surface area contributed by atoms with Crippen molar-refractivity contribution in [3.8, 4) is 0 Å². The topological polar surface area (TPSA) is 80.5 Å². The number of primary amides is 1. The van der Waals surface area contributed by atoms with E-state index in [0.29, 0.717) is 23.0 Å². The van der Waals surface area contributed by atoms with Gasteiger partial charge in [0, 0.05) is 11.0 Å². The summed E-state index contributed by atoms with van der Waals surface area (Å²) in [6.07, 6.45) is 2.05. The minimum absolute atomic E-state index is 0.222. The summed E-state index contributed by atoms with van der Waals surface area (Å²) in [7, 11) is -3.71. The highest BCUT2D eigenvalue weighted by molar-refractivity contribution is 9.10. The van der Waals surface area contributed by atoms with E-state index in [0.717, 1.165) is 12.8 Å². The van der Waals surface area contributed by atoms with Crippen LogP contribution in [0.3, 0.4) is 0 Å². The standard InChI is InChI=1S/C13H17BrN2O3S/c1-9-5-6-10(14)8-12(9)20(18,19)16-7-3-2-4-11(16)13(15)17/h5-6,8,11H,2-4,7H2,1H3,(H2,15,17). The average molecular weight is 361 g/mol. The van der Waals surface area contributed by atoms with Gasteiger partial charge in [-0.3, -0.25) is 4.79 Å². The molecule has 2 rings (SSSR count). The molecule has 0 saturated carbocycles. The molecule has 0 bridgehead atoms. The molecule has 0 aliphatic carbocycles. The van der Waals surface area contributed by atoms with Gasteiger partial charge in [-0.2, -0.15) is 4.31 Å². The van der Waals surface area contributed by atoms with E-state index in [4.69, 9.17) is 5.73 Å². The summed E-state index contributed by atoms with van der Waals surface area (Å²) in [6.45, 7) is 2.07. The number of piperidine rings is 1. The van der Waals surface area contributed by atoms with Crippen LogP contribution in [0, 0.1) is 6.92 Å². The maximum atomic E-state index is 12.8. The van der Waals surface area contributed by atoms with Gasteiger partial charge < -0.3 is 5.73 Å². The average Bonchev–Trinajstić information content (AvgIpc) is 2.41. The van der Waals surface area contributed by atoms with Crippen molar-refractivity contribution < 1.29 is 13.2 Å². The molecule has 20 heavy (non-hydrogen) atoms. The lowest BCUT2D eigenvalue weighted by Crippen LogP contribution is -2.50. The van der Waals surface area contributed by atoms with Crippen molar-refractivity contribution in [1.29, 1.82) is 0 Å². The van der Waals surface area contributed by atoms with E-state index in [9.17, 15) is 13.2 Å². The first-order chi connectivity index (χ1) is 9.34. The van der Waals surface area contributed by atoms with Crippen molar-refractivity contribution in [3.05, 3.63) is 28.2 Å². The van der Waals surface area contributed by atoms with Crippen molar-refractivity contribution in [2.75, 3.05) is 6.54 Å². The zero-order valence-corrected chi connectivity index (χ0v) is 13.6. The molecule has 0 spiro atoms. The number of rotatable bonds is 3. The number of hydrogen-bond donors (Lipinski definition) is 1. The fourth-order valence-electron chi connectivity index (χ4n) is 2.46. The van der Waals surface area contributed by atoms with Gasteiger partial charge in [0.2, 0.25) is 15.9 Å². The number of aryl methyl sites for hydroxylation is 1. The Bertz CT molecular complexity index is 631. The monoisotopic (exact) mass is 360 g/mol. The van der Waals surface area contributed by atoms with Crippen LogP contribution in [-0.2, 0) is 14.8 Å². The Morgan fingerprint density at radius 1 is 1.40 bits per heavy atom. The van der Waals surface area contributed by atoms with E-state index in [1.54, 1.807) is 25.1 Å². The second-order valence-electron chi connectivity index (χ2n) is 4.94. The number of hydrogen-bond acceptors (Lipinski definition) is 3. The lowest BCUT2D eigenvalue weighted by molar-refractivity contribution is -0.122. The lowest BCUT2D eigenvalue weighted by atomic mass is 10.0. The first-order valence-electron chi connectivity index (χ1n) is 6.41. The fourth-order valence-corrected chi connectivity index (χ4v) is 4.89. The van der Waals surface area contributed by atoms with Crippen LogP contribution >= 0.6 is 15.9 Å². The Balaban J connectivity index is 2.47. The van der Waals surface area contributed by atoms with Gasteiger partial charge in [-0.25, -0.2) is 8.42 Å². The second-order valence-corrected chi connectivity index (χ2v) is 7.71. The Morgan fingerprint density at radius 3 is 2.75 bits per heavy atom. The molecule has 7 heteroatoms. The summed E-state index contributed by atoms with van der Waals surface area (Å²) >= 11 is 3.28. The highest BCUT2D eigenvalue weighted by Crippen LogP contribution is 2.28. The summed E-state index contributed by atoms with van der Waals surface area (Å²) in [5.74, 6) is -0.582. The number of benzene rings is 1. The van der Waals surface area contributed by atoms with Gasteiger partial charge in [0.1, 0.15) is 6.04 Å². The summed E-state index contributed by atoms with van der Waals surface area (Å²) in [6, 6.07) is 4.35. The van der Waals surface area contributed by atoms with Gasteiger partial charge in [-0.1, -0.05) is 28.4 Å². The van der Waals surface area contributed by atoms with E-state index < -0.39 is 22.0 Å². The Morgan fingerprint density at radius 2 is 2.10 bits per heavy atom. The maximum absolute atomic E-state index is 12.8. The van der Waals surface area contributed by atoms with Crippen LogP contribution in [-0.4, -0.2) is 31.2 Å². The fraction of sp³-hybridized carbons (Fsp3) is 0.462. The largest absolute Gasteiger partial charge is 0.368 e. The minimum Gasteiger partial charge on any atom is -0.368 e. The zero-order valence-electron chi connectivity index (χ0n) is 11.2. The molecule has 1 aromatic carbocycles. The third-order valence-electron chi connectivity index (χ3n) is 3.52. The lowest BCUT2D eigenvalue weighted by Gasteiger charge is -2.33. The van der Waals surface area contributed by atoms with E-state index in [2.05, 4.69) is 15.9 Å². The number of sulfonamides is 1. The summed E-state index contributed by atoms with van der Waals surface area (Å²) in [5.41, 5.74) is 6.00. The van der Waals surface area contributed by atoms with Crippen molar-refractivity contribution >= 4 is 31.9 Å². The molecule has 1 atom stereocenters. The number of amides is 1. The molecule has 0 radical (unpaired) electrons. The molecule has 1 unspecified atom stereocenters. The van der Waals surface area contributed by atoms with Crippen LogP contribution < -0.4 is 5.73 Å². The van der Waals surface area contributed by atoms with Gasteiger partial charge in [0.15, 0.2) is 0 Å². The van der Waals surface area contributed by atoms with Gasteiger partial charge in [0.25, 0.3) is 0 Å². The number of carbonyl (C=O) groups excluding carboxylic acids is 1. The molecule has 0 aromatic heterocycles. The molecule has 5 nitrogen and oxygen atoms in total. The zero-order chi connectivity index (χ0) is 14.9. The van der Waals surface area contributed by atoms with Crippen LogP contribution in [0.15, 0.2) is 27.6 Å². The summed E-state index contributed by atoms with van der Waals surface area (Å²) in [5, 5.41) is 0. The number of halogens is 1. The number of nitrogens with two attached hydrogens (primary N) is 1. The first-order valence-corrected chi connectivity index (χ1v) is 8.64. The molecule has 1 fully saturated rings. The summed E-state index contributed by atoms with van der Waals surface area (Å²) < 4.78 is 27.5. The molecular weight excluding hydrogens is 344 g/mol. The first kappa shape index (κ1) is 15.5. The van der Waals surface area contributed by atoms with Gasteiger partial charge >= 0.3 is 0 Å². The molecule has 1 aliphatic heterocycles. The predicted molar refractivity (Wildman–Crippen MR) is 79.6 cm³/mol. The Hall–Kier alpha value is -0.920. The van der Waals surface area contributed by atoms with Gasteiger partial charge in [-0.05, 0) is 37.5 Å². The van der Waals surface area contributed by atoms with Crippen LogP contribution in [0.25, 0.3) is 0 Å². The second kappa shape index (κ2) is 5.83. The molecule has 1 aromatic rings. The van der Waals surface area contributed by atoms with Gasteiger partial charge in [0.05, 0.1) is 4.90 Å². The van der Waals surface area contributed by atoms with Crippen LogP contribution in [0.2, 0.25) is 0 Å². The Labute approximate surface area is 127 Å². The molecular formula is C13H17BrN2O3S. The maximum Gasteiger partial charge on any atom is 0.244 e. The molecule has 1 amide bonds. The molecule has 110 valence electrons. The predicted octanol–water partition coefficient (Wildman–Crippen LogP) is 1.79. The normalized spacial score (nSPS) is 20.8. The summed E-state index contributed by atoms with van der Waals surface area (Å²) in [4.78, 5) is 11.7. The van der Waals surface area contributed by atoms with Crippen molar-refractivity contribution in [2.45, 2.75) is 37.1 Å². The molecule has 2 N–H and O–H groups in total. The number of nitrogens with zero attached hydrogens (tertiary/aromatic N) is 1. The van der Waals surface area contributed by atoms with E-state index in [1.165, 1.54) is 4.31 Å². The van der Waals surface area contributed by atoms with Crippen molar-refractivity contribution in [3.63, 3.8) is 0 Å². The van der Waals surface area contributed by atoms with Crippen molar-refractivity contribution in [1.82, 2.24) is 4.31 Å². The SMILES string of the molecule is Cc1ccc(Br)cc1S(=O)(=O)N1CCCCC1C(N)=O. The van der Waals surface area contributed by atoms with Crippen molar-refractivity contribution in [2.24, 2.45) is 5.73 Å². The van der Waals surface area contributed by atoms with Gasteiger partial charge in [-0.15, -0.1) is 0 Å². The third kappa shape index (κ3) is 2.89. The van der Waals surface area contributed by atoms with E-state index in [-0.39, 0.29) is 4.90 Å². The highest BCUT2D eigenvalue weighted by Gasteiger charge is 2.37. The highest BCUT2D eigenvalue weighted by atomic mass is 79.9. The smallest absolute Gasteiger partial charge is 0.244 e. The molecule has 1 aliphatic rings. The van der Waals surface area contributed by atoms with Crippen LogP contribution in [0.5, 0.6) is 0 Å². The minimum atomic E-state index is -3.71. The number of carbonyl (C=O) groups is 1. The molecule has 1 saturated heterocycles. The Kier molecular flexibility index (Phi) is 4.51. The third-order valence-corrected chi connectivity index (χ3v) is 6.06. The van der Waals surface area contributed by atoms with E-state index in [1.807, 2.05) is 0 Å². The molecule has 1 heterocycles. The van der Waals surface area contributed by atoms with Crippen LogP contribution in [0.1, 0.15) is 24.8 Å². The quantitative estimate of drug-likeness (QED) is 0.891.